The van der Waals surface area contributed by atoms with Gasteiger partial charge < -0.3 is 15.3 Å². The standard InChI is InChI=1S/C16H32N2O2/c1-4-10-17-16(15(19)20)9-7-8-14(13-16)18(11-5-2)12-6-3/h14,17H,4-13H2,1-3H3,(H,19,20). The SMILES string of the molecule is CCCNC1(C(=O)O)CCCC(N(CCC)CCC)C1. The molecule has 0 radical (unpaired) electrons. The lowest BCUT2D eigenvalue weighted by molar-refractivity contribution is -0.147. The van der Waals surface area contributed by atoms with Crippen LogP contribution in [-0.2, 0) is 4.79 Å². The summed E-state index contributed by atoms with van der Waals surface area (Å²) >= 11 is 0. The van der Waals surface area contributed by atoms with Crippen LogP contribution in [0.4, 0.5) is 0 Å². The van der Waals surface area contributed by atoms with E-state index in [-0.39, 0.29) is 0 Å². The van der Waals surface area contributed by atoms with Crippen molar-refractivity contribution in [1.82, 2.24) is 10.2 Å². The van der Waals surface area contributed by atoms with Gasteiger partial charge in [0.05, 0.1) is 0 Å². The topological polar surface area (TPSA) is 52.6 Å². The van der Waals surface area contributed by atoms with Gasteiger partial charge in [0.15, 0.2) is 0 Å². The minimum atomic E-state index is -0.696. The molecule has 0 aromatic heterocycles. The van der Waals surface area contributed by atoms with E-state index in [4.69, 9.17) is 0 Å². The van der Waals surface area contributed by atoms with Gasteiger partial charge in [-0.1, -0.05) is 20.8 Å². The van der Waals surface area contributed by atoms with Crippen LogP contribution in [0.15, 0.2) is 0 Å². The van der Waals surface area contributed by atoms with Crippen LogP contribution in [-0.4, -0.2) is 47.2 Å². The van der Waals surface area contributed by atoms with Crippen molar-refractivity contribution in [1.29, 1.82) is 0 Å². The van der Waals surface area contributed by atoms with Crippen LogP contribution in [0.25, 0.3) is 0 Å². The second-order valence-electron chi connectivity index (χ2n) is 6.10. The Labute approximate surface area is 123 Å². The average molecular weight is 284 g/mol. The maximum atomic E-state index is 11.8. The minimum absolute atomic E-state index is 0.420. The predicted octanol–water partition coefficient (Wildman–Crippen LogP) is 2.87. The Morgan fingerprint density at radius 2 is 1.90 bits per heavy atom. The summed E-state index contributed by atoms with van der Waals surface area (Å²) < 4.78 is 0. The van der Waals surface area contributed by atoms with E-state index < -0.39 is 11.5 Å². The van der Waals surface area contributed by atoms with Gasteiger partial charge in [0.2, 0.25) is 0 Å². The maximum absolute atomic E-state index is 11.8. The van der Waals surface area contributed by atoms with Crippen molar-refractivity contribution in [2.45, 2.75) is 77.3 Å². The van der Waals surface area contributed by atoms with E-state index in [2.05, 4.69) is 31.0 Å². The van der Waals surface area contributed by atoms with Gasteiger partial charge in [-0.3, -0.25) is 4.79 Å². The van der Waals surface area contributed by atoms with Crippen molar-refractivity contribution in [2.24, 2.45) is 0 Å². The highest BCUT2D eigenvalue weighted by Gasteiger charge is 2.43. The summed E-state index contributed by atoms with van der Waals surface area (Å²) in [6, 6.07) is 0.420. The summed E-state index contributed by atoms with van der Waals surface area (Å²) in [6.07, 6.45) is 6.93. The molecule has 1 fully saturated rings. The van der Waals surface area contributed by atoms with Crippen LogP contribution in [0, 0.1) is 0 Å². The monoisotopic (exact) mass is 284 g/mol. The molecule has 0 spiro atoms. The van der Waals surface area contributed by atoms with Crippen LogP contribution in [0.3, 0.4) is 0 Å². The summed E-state index contributed by atoms with van der Waals surface area (Å²) in [4.78, 5) is 14.3. The molecule has 0 heterocycles. The second-order valence-corrected chi connectivity index (χ2v) is 6.10. The zero-order chi connectivity index (χ0) is 15.0. The van der Waals surface area contributed by atoms with Crippen molar-refractivity contribution < 1.29 is 9.90 Å². The zero-order valence-corrected chi connectivity index (χ0v) is 13.5. The third-order valence-corrected chi connectivity index (χ3v) is 4.39. The molecule has 0 aromatic rings. The average Bonchev–Trinajstić information content (AvgIpc) is 2.45. The number of aliphatic carboxylic acids is 1. The number of rotatable bonds is 9. The molecular formula is C16H32N2O2. The van der Waals surface area contributed by atoms with Crippen LogP contribution >= 0.6 is 0 Å². The molecule has 0 aliphatic heterocycles. The number of carboxylic acid groups (broad SMARTS) is 1. The lowest BCUT2D eigenvalue weighted by Gasteiger charge is -2.43. The second kappa shape index (κ2) is 8.63. The Morgan fingerprint density at radius 1 is 1.25 bits per heavy atom. The van der Waals surface area contributed by atoms with Crippen LogP contribution in [0.5, 0.6) is 0 Å². The third kappa shape index (κ3) is 4.45. The molecule has 1 aliphatic rings. The first kappa shape index (κ1) is 17.4. The fourth-order valence-electron chi connectivity index (χ4n) is 3.40. The van der Waals surface area contributed by atoms with Gasteiger partial charge in [-0.25, -0.2) is 0 Å². The van der Waals surface area contributed by atoms with Crippen molar-refractivity contribution in [3.63, 3.8) is 0 Å². The Balaban J connectivity index is 2.76. The van der Waals surface area contributed by atoms with Crippen molar-refractivity contribution in [3.8, 4) is 0 Å². The molecule has 2 unspecified atom stereocenters. The highest BCUT2D eigenvalue weighted by Crippen LogP contribution is 2.32. The van der Waals surface area contributed by atoms with E-state index in [1.165, 1.54) is 0 Å². The molecule has 0 bridgehead atoms. The zero-order valence-electron chi connectivity index (χ0n) is 13.5. The fraction of sp³-hybridized carbons (Fsp3) is 0.938. The van der Waals surface area contributed by atoms with Gasteiger partial charge in [0, 0.05) is 6.04 Å². The third-order valence-electron chi connectivity index (χ3n) is 4.39. The Morgan fingerprint density at radius 3 is 2.40 bits per heavy atom. The van der Waals surface area contributed by atoms with E-state index >= 15 is 0 Å². The molecular weight excluding hydrogens is 252 g/mol. The lowest BCUT2D eigenvalue weighted by atomic mass is 9.78. The van der Waals surface area contributed by atoms with Crippen LogP contribution < -0.4 is 5.32 Å². The largest absolute Gasteiger partial charge is 0.480 e. The number of hydrogen-bond acceptors (Lipinski definition) is 3. The Bertz CT molecular complexity index is 290. The van der Waals surface area contributed by atoms with Gasteiger partial charge in [-0.15, -0.1) is 0 Å². The van der Waals surface area contributed by atoms with E-state index in [9.17, 15) is 9.90 Å². The van der Waals surface area contributed by atoms with Crippen molar-refractivity contribution in [3.05, 3.63) is 0 Å². The first-order valence-corrected chi connectivity index (χ1v) is 8.32. The highest BCUT2D eigenvalue weighted by atomic mass is 16.4. The number of carbonyl (C=O) groups is 1. The van der Waals surface area contributed by atoms with Crippen molar-refractivity contribution >= 4 is 5.97 Å². The summed E-state index contributed by atoms with van der Waals surface area (Å²) in [7, 11) is 0. The van der Waals surface area contributed by atoms with Gasteiger partial charge in [-0.05, 0) is 64.6 Å². The molecule has 20 heavy (non-hydrogen) atoms. The molecule has 0 saturated heterocycles. The molecule has 1 aliphatic carbocycles. The van der Waals surface area contributed by atoms with Crippen LogP contribution in [0.2, 0.25) is 0 Å². The number of nitrogens with one attached hydrogen (secondary N) is 1. The molecule has 1 saturated carbocycles. The molecule has 118 valence electrons. The lowest BCUT2D eigenvalue weighted by Crippen LogP contribution is -2.58. The number of carboxylic acids is 1. The van der Waals surface area contributed by atoms with E-state index in [0.29, 0.717) is 6.04 Å². The quantitative estimate of drug-likeness (QED) is 0.683. The predicted molar refractivity (Wildman–Crippen MR) is 83.1 cm³/mol. The van der Waals surface area contributed by atoms with E-state index in [1.54, 1.807) is 0 Å². The molecule has 0 aromatic carbocycles. The normalized spacial score (nSPS) is 26.9. The maximum Gasteiger partial charge on any atom is 0.323 e. The Kier molecular flexibility index (Phi) is 7.52. The highest BCUT2D eigenvalue weighted by molar-refractivity contribution is 5.79. The Hall–Kier alpha value is -0.610. The van der Waals surface area contributed by atoms with Gasteiger partial charge in [0.25, 0.3) is 0 Å². The minimum Gasteiger partial charge on any atom is -0.480 e. The van der Waals surface area contributed by atoms with Gasteiger partial charge in [-0.2, -0.15) is 0 Å². The number of hydrogen-bond donors (Lipinski definition) is 2. The van der Waals surface area contributed by atoms with Gasteiger partial charge >= 0.3 is 5.97 Å². The van der Waals surface area contributed by atoms with E-state index in [1.807, 2.05) is 0 Å². The molecule has 2 N–H and O–H groups in total. The summed E-state index contributed by atoms with van der Waals surface area (Å²) in [6.45, 7) is 9.45. The summed E-state index contributed by atoms with van der Waals surface area (Å²) in [5, 5.41) is 13.0. The first-order chi connectivity index (χ1) is 9.59. The molecule has 2 atom stereocenters. The van der Waals surface area contributed by atoms with Crippen molar-refractivity contribution in [2.75, 3.05) is 19.6 Å². The summed E-state index contributed by atoms with van der Waals surface area (Å²) in [5.74, 6) is -0.663. The molecule has 4 nitrogen and oxygen atoms in total. The van der Waals surface area contributed by atoms with Gasteiger partial charge in [0.1, 0.15) is 5.54 Å². The smallest absolute Gasteiger partial charge is 0.323 e. The fourth-order valence-corrected chi connectivity index (χ4v) is 3.40. The first-order valence-electron chi connectivity index (χ1n) is 8.32. The van der Waals surface area contributed by atoms with E-state index in [0.717, 1.165) is 64.6 Å². The van der Waals surface area contributed by atoms with Crippen LogP contribution in [0.1, 0.15) is 65.7 Å². The molecule has 4 heteroatoms. The summed E-state index contributed by atoms with van der Waals surface area (Å²) in [5.41, 5.74) is -0.696. The molecule has 1 rings (SSSR count). The number of nitrogens with zero attached hydrogens (tertiary/aromatic N) is 1. The molecule has 0 amide bonds.